The SMILES string of the molecule is O=C(CN(CCO)CC(F)(F)F)Nc1ccc(F)cc1Cl. The van der Waals surface area contributed by atoms with E-state index >= 15 is 0 Å². The van der Waals surface area contributed by atoms with E-state index in [1.54, 1.807) is 0 Å². The highest BCUT2D eigenvalue weighted by atomic mass is 35.5. The van der Waals surface area contributed by atoms with Crippen molar-refractivity contribution in [2.24, 2.45) is 0 Å². The summed E-state index contributed by atoms with van der Waals surface area (Å²) in [5.41, 5.74) is 0.0963. The number of benzene rings is 1. The molecule has 0 heterocycles. The number of rotatable bonds is 6. The average molecular weight is 329 g/mol. The lowest BCUT2D eigenvalue weighted by atomic mass is 10.3. The van der Waals surface area contributed by atoms with Crippen molar-refractivity contribution in [3.05, 3.63) is 29.0 Å². The molecule has 0 spiro atoms. The second-order valence-corrected chi connectivity index (χ2v) is 4.63. The number of nitrogens with one attached hydrogen (secondary N) is 1. The van der Waals surface area contributed by atoms with Crippen LogP contribution in [0.25, 0.3) is 0 Å². The molecule has 21 heavy (non-hydrogen) atoms. The lowest BCUT2D eigenvalue weighted by molar-refractivity contribution is -0.148. The Bertz CT molecular complexity index is 497. The van der Waals surface area contributed by atoms with Gasteiger partial charge in [-0.25, -0.2) is 4.39 Å². The molecule has 1 aromatic rings. The molecular weight excluding hydrogens is 316 g/mol. The molecule has 4 nitrogen and oxygen atoms in total. The van der Waals surface area contributed by atoms with E-state index in [1.807, 2.05) is 0 Å². The summed E-state index contributed by atoms with van der Waals surface area (Å²) in [6, 6.07) is 3.23. The minimum absolute atomic E-state index is 0.0621. The van der Waals surface area contributed by atoms with Crippen LogP contribution in [0.4, 0.5) is 23.2 Å². The summed E-state index contributed by atoms with van der Waals surface area (Å²) >= 11 is 5.69. The van der Waals surface area contributed by atoms with Gasteiger partial charge in [0.15, 0.2) is 0 Å². The van der Waals surface area contributed by atoms with Gasteiger partial charge in [-0.1, -0.05) is 11.6 Å². The molecule has 1 amide bonds. The summed E-state index contributed by atoms with van der Waals surface area (Å²) < 4.78 is 49.7. The third-order valence-corrected chi connectivity index (χ3v) is 2.70. The maximum Gasteiger partial charge on any atom is 0.401 e. The van der Waals surface area contributed by atoms with Crippen LogP contribution in [0.2, 0.25) is 5.02 Å². The van der Waals surface area contributed by atoms with Crippen LogP contribution in [0, 0.1) is 5.82 Å². The molecule has 2 N–H and O–H groups in total. The number of hydrogen-bond donors (Lipinski definition) is 2. The van der Waals surface area contributed by atoms with E-state index in [1.165, 1.54) is 6.07 Å². The molecule has 0 bridgehead atoms. The zero-order chi connectivity index (χ0) is 16.0. The monoisotopic (exact) mass is 328 g/mol. The first-order valence-electron chi connectivity index (χ1n) is 5.86. The molecule has 1 aromatic carbocycles. The molecule has 0 radical (unpaired) electrons. The van der Waals surface area contributed by atoms with Crippen LogP contribution in [0.15, 0.2) is 18.2 Å². The molecule has 118 valence electrons. The van der Waals surface area contributed by atoms with Crippen LogP contribution in [0.1, 0.15) is 0 Å². The summed E-state index contributed by atoms with van der Waals surface area (Å²) in [5, 5.41) is 10.9. The fourth-order valence-corrected chi connectivity index (χ4v) is 1.81. The van der Waals surface area contributed by atoms with E-state index in [0.29, 0.717) is 0 Å². The Balaban J connectivity index is 2.65. The molecule has 0 aliphatic carbocycles. The standard InChI is InChI=1S/C12H13ClF4N2O2/c13-9-5-8(14)1-2-10(9)18-11(21)6-19(3-4-20)7-12(15,16)17/h1-2,5,20H,3-4,6-7H2,(H,18,21). The van der Waals surface area contributed by atoms with Gasteiger partial charge in [0.1, 0.15) is 5.82 Å². The quantitative estimate of drug-likeness (QED) is 0.788. The van der Waals surface area contributed by atoms with Gasteiger partial charge in [0.05, 0.1) is 30.4 Å². The van der Waals surface area contributed by atoms with Gasteiger partial charge in [-0.3, -0.25) is 9.69 Å². The van der Waals surface area contributed by atoms with Crippen LogP contribution in [0.5, 0.6) is 0 Å². The van der Waals surface area contributed by atoms with Crippen LogP contribution < -0.4 is 5.32 Å². The number of amides is 1. The molecule has 0 saturated carbocycles. The minimum atomic E-state index is -4.48. The summed E-state index contributed by atoms with van der Waals surface area (Å²) in [6.45, 7) is -2.71. The van der Waals surface area contributed by atoms with Gasteiger partial charge >= 0.3 is 6.18 Å². The largest absolute Gasteiger partial charge is 0.401 e. The van der Waals surface area contributed by atoms with Gasteiger partial charge in [0.25, 0.3) is 0 Å². The molecule has 0 atom stereocenters. The van der Waals surface area contributed by atoms with E-state index < -0.39 is 37.6 Å². The maximum atomic E-state index is 12.8. The van der Waals surface area contributed by atoms with Crippen LogP contribution in [0.3, 0.4) is 0 Å². The first-order valence-corrected chi connectivity index (χ1v) is 6.24. The smallest absolute Gasteiger partial charge is 0.395 e. The number of aliphatic hydroxyl groups excluding tert-OH is 1. The number of carbonyl (C=O) groups excluding carboxylic acids is 1. The molecule has 9 heteroatoms. The fourth-order valence-electron chi connectivity index (χ4n) is 1.59. The Morgan fingerprint density at radius 2 is 2.05 bits per heavy atom. The fraction of sp³-hybridized carbons (Fsp3) is 0.417. The molecule has 0 aliphatic rings. The second-order valence-electron chi connectivity index (χ2n) is 4.22. The van der Waals surface area contributed by atoms with Gasteiger partial charge in [0.2, 0.25) is 5.91 Å². The highest BCUT2D eigenvalue weighted by Gasteiger charge is 2.31. The van der Waals surface area contributed by atoms with Gasteiger partial charge in [-0.15, -0.1) is 0 Å². The third kappa shape index (κ3) is 6.74. The van der Waals surface area contributed by atoms with Crippen molar-refractivity contribution in [3.8, 4) is 0 Å². The van der Waals surface area contributed by atoms with E-state index in [9.17, 15) is 22.4 Å². The van der Waals surface area contributed by atoms with Crippen molar-refractivity contribution in [1.82, 2.24) is 4.90 Å². The molecular formula is C12H13ClF4N2O2. The molecule has 0 aromatic heterocycles. The molecule has 0 saturated heterocycles. The third-order valence-electron chi connectivity index (χ3n) is 2.39. The summed E-state index contributed by atoms with van der Waals surface area (Å²) in [6.07, 6.45) is -4.48. The Morgan fingerprint density at radius 3 is 2.57 bits per heavy atom. The molecule has 1 rings (SSSR count). The van der Waals surface area contributed by atoms with Crippen molar-refractivity contribution in [2.45, 2.75) is 6.18 Å². The topological polar surface area (TPSA) is 52.6 Å². The zero-order valence-electron chi connectivity index (χ0n) is 10.8. The number of nitrogens with zero attached hydrogens (tertiary/aromatic N) is 1. The number of anilines is 1. The number of hydrogen-bond acceptors (Lipinski definition) is 3. The van der Waals surface area contributed by atoms with Crippen molar-refractivity contribution >= 4 is 23.2 Å². The normalized spacial score (nSPS) is 11.8. The van der Waals surface area contributed by atoms with Crippen molar-refractivity contribution in [2.75, 3.05) is 31.6 Å². The zero-order valence-corrected chi connectivity index (χ0v) is 11.5. The van der Waals surface area contributed by atoms with Gasteiger partial charge in [-0.05, 0) is 18.2 Å². The Hall–Kier alpha value is -1.38. The van der Waals surface area contributed by atoms with E-state index in [2.05, 4.69) is 5.32 Å². The number of halogens is 5. The van der Waals surface area contributed by atoms with Crippen molar-refractivity contribution in [3.63, 3.8) is 0 Å². The predicted octanol–water partition coefficient (Wildman–Crippen LogP) is 2.27. The molecule has 0 unspecified atom stereocenters. The summed E-state index contributed by atoms with van der Waals surface area (Å²) in [7, 11) is 0. The van der Waals surface area contributed by atoms with Crippen molar-refractivity contribution in [1.29, 1.82) is 0 Å². The van der Waals surface area contributed by atoms with E-state index in [0.717, 1.165) is 17.0 Å². The van der Waals surface area contributed by atoms with Crippen LogP contribution in [-0.2, 0) is 4.79 Å². The summed E-state index contributed by atoms with van der Waals surface area (Å²) in [5.74, 6) is -1.35. The van der Waals surface area contributed by atoms with E-state index in [4.69, 9.17) is 16.7 Å². The second kappa shape index (κ2) is 7.58. The van der Waals surface area contributed by atoms with Crippen LogP contribution >= 0.6 is 11.6 Å². The Morgan fingerprint density at radius 1 is 1.38 bits per heavy atom. The van der Waals surface area contributed by atoms with Crippen molar-refractivity contribution < 1.29 is 27.5 Å². The first kappa shape index (κ1) is 17.7. The first-order chi connectivity index (χ1) is 9.71. The maximum absolute atomic E-state index is 12.8. The lowest BCUT2D eigenvalue weighted by Gasteiger charge is -2.22. The van der Waals surface area contributed by atoms with Gasteiger partial charge < -0.3 is 10.4 Å². The number of aliphatic hydroxyl groups is 1. The highest BCUT2D eigenvalue weighted by molar-refractivity contribution is 6.33. The molecule has 0 aliphatic heterocycles. The minimum Gasteiger partial charge on any atom is -0.395 e. The molecule has 0 fully saturated rings. The Kier molecular flexibility index (Phi) is 6.38. The van der Waals surface area contributed by atoms with Crippen LogP contribution in [-0.4, -0.2) is 48.3 Å². The lowest BCUT2D eigenvalue weighted by Crippen LogP contribution is -2.41. The Labute approximate surface area is 123 Å². The van der Waals surface area contributed by atoms with Gasteiger partial charge in [0, 0.05) is 6.54 Å². The van der Waals surface area contributed by atoms with Gasteiger partial charge in [-0.2, -0.15) is 13.2 Å². The number of carbonyl (C=O) groups is 1. The summed E-state index contributed by atoms with van der Waals surface area (Å²) in [4.78, 5) is 12.4. The highest BCUT2D eigenvalue weighted by Crippen LogP contribution is 2.22. The predicted molar refractivity (Wildman–Crippen MR) is 69.6 cm³/mol. The number of alkyl halides is 3. The van der Waals surface area contributed by atoms with E-state index in [-0.39, 0.29) is 17.3 Å². The average Bonchev–Trinajstić information content (AvgIpc) is 2.31.